The van der Waals surface area contributed by atoms with Gasteiger partial charge in [-0.3, -0.25) is 4.79 Å². The fourth-order valence-electron chi connectivity index (χ4n) is 0.920. The molecule has 1 aromatic rings. The van der Waals surface area contributed by atoms with Crippen molar-refractivity contribution in [2.24, 2.45) is 5.73 Å². The highest BCUT2D eigenvalue weighted by Crippen LogP contribution is 2.24. The monoisotopic (exact) mass is 289 g/mol. The maximum atomic E-state index is 11.2. The topological polar surface area (TPSA) is 80.4 Å². The van der Waals surface area contributed by atoms with Gasteiger partial charge in [0.15, 0.2) is 5.78 Å². The predicted octanol–water partition coefficient (Wildman–Crippen LogP) is 1.51. The number of nitrogens with two attached hydrogens (primary N) is 1. The Hall–Kier alpha value is -0.980. The molecule has 0 unspecified atom stereocenters. The molecule has 0 radical (unpaired) electrons. The predicted molar refractivity (Wildman–Crippen MR) is 61.7 cm³/mol. The summed E-state index contributed by atoms with van der Waals surface area (Å²) in [6.45, 7) is -0.301. The molecular weight excluding hydrogens is 282 g/mol. The van der Waals surface area contributed by atoms with Gasteiger partial charge in [-0.25, -0.2) is 4.79 Å². The number of halogens is 1. The van der Waals surface area contributed by atoms with Crippen LogP contribution in [0.1, 0.15) is 4.88 Å². The average molecular weight is 290 g/mol. The first-order valence-corrected chi connectivity index (χ1v) is 5.59. The van der Waals surface area contributed by atoms with Gasteiger partial charge in [0.25, 0.3) is 0 Å². The van der Waals surface area contributed by atoms with Crippen LogP contribution in [-0.2, 0) is 9.59 Å². The minimum atomic E-state index is -1.25. The Labute approximate surface area is 98.5 Å². The van der Waals surface area contributed by atoms with Gasteiger partial charge in [0.1, 0.15) is 5.57 Å². The highest BCUT2D eigenvalue weighted by Gasteiger charge is 2.15. The smallest absolute Gasteiger partial charge is 0.339 e. The van der Waals surface area contributed by atoms with Gasteiger partial charge in [-0.15, -0.1) is 11.3 Å². The quantitative estimate of drug-likeness (QED) is 0.500. The first kappa shape index (κ1) is 12.1. The number of hydrogen-bond donors (Lipinski definition) is 2. The molecule has 6 heteroatoms. The molecule has 0 spiro atoms. The second-order valence-electron chi connectivity index (χ2n) is 2.63. The minimum Gasteiger partial charge on any atom is -0.478 e. The van der Waals surface area contributed by atoms with Crippen LogP contribution in [0.4, 0.5) is 0 Å². The number of carbonyl (C=O) groups is 2. The third-order valence-electron chi connectivity index (χ3n) is 1.60. The molecule has 0 bridgehead atoms. The Morgan fingerprint density at radius 2 is 2.20 bits per heavy atom. The molecule has 80 valence electrons. The lowest BCUT2D eigenvalue weighted by Crippen LogP contribution is -2.20. The number of Topliss-reactive ketones (excluding diaryl/α,β-unsaturated/α-hetero) is 1. The molecule has 0 atom stereocenters. The van der Waals surface area contributed by atoms with Crippen LogP contribution in [0.15, 0.2) is 21.5 Å². The lowest BCUT2D eigenvalue weighted by molar-refractivity contribution is -0.134. The SMILES string of the molecule is NCC(=O)C(=Cc1ccc(Br)s1)C(=O)O. The Morgan fingerprint density at radius 1 is 1.53 bits per heavy atom. The lowest BCUT2D eigenvalue weighted by atomic mass is 10.1. The van der Waals surface area contributed by atoms with Gasteiger partial charge in [-0.2, -0.15) is 0 Å². The van der Waals surface area contributed by atoms with Gasteiger partial charge in [-0.1, -0.05) is 0 Å². The van der Waals surface area contributed by atoms with Crippen LogP contribution in [-0.4, -0.2) is 23.4 Å². The molecule has 0 fully saturated rings. The Kier molecular flexibility index (Phi) is 4.19. The molecule has 0 aliphatic rings. The summed E-state index contributed by atoms with van der Waals surface area (Å²) in [5.74, 6) is -1.83. The van der Waals surface area contributed by atoms with Crippen molar-refractivity contribution in [1.29, 1.82) is 0 Å². The van der Waals surface area contributed by atoms with E-state index in [1.807, 2.05) is 0 Å². The molecule has 1 aromatic heterocycles. The van der Waals surface area contributed by atoms with Gasteiger partial charge in [-0.05, 0) is 34.1 Å². The van der Waals surface area contributed by atoms with Crippen LogP contribution >= 0.6 is 27.3 Å². The number of carboxylic acid groups (broad SMARTS) is 1. The summed E-state index contributed by atoms with van der Waals surface area (Å²) in [6.07, 6.45) is 1.33. The number of hydrogen-bond acceptors (Lipinski definition) is 4. The summed E-state index contributed by atoms with van der Waals surface area (Å²) >= 11 is 4.59. The van der Waals surface area contributed by atoms with Crippen LogP contribution in [0.5, 0.6) is 0 Å². The van der Waals surface area contributed by atoms with Crippen LogP contribution in [0.2, 0.25) is 0 Å². The minimum absolute atomic E-state index is 0.285. The number of rotatable bonds is 4. The van der Waals surface area contributed by atoms with Crippen molar-refractivity contribution in [1.82, 2.24) is 0 Å². The molecule has 0 aliphatic carbocycles. The van der Waals surface area contributed by atoms with Crippen LogP contribution < -0.4 is 5.73 Å². The van der Waals surface area contributed by atoms with E-state index in [4.69, 9.17) is 10.8 Å². The Morgan fingerprint density at radius 3 is 2.60 bits per heavy atom. The number of carbonyl (C=O) groups excluding carboxylic acids is 1. The highest BCUT2D eigenvalue weighted by atomic mass is 79.9. The maximum absolute atomic E-state index is 11.2. The molecule has 3 N–H and O–H groups in total. The van der Waals surface area contributed by atoms with Crippen molar-refractivity contribution in [2.45, 2.75) is 0 Å². The zero-order valence-electron chi connectivity index (χ0n) is 7.57. The summed E-state index contributed by atoms with van der Waals surface area (Å²) in [5, 5.41) is 8.79. The van der Waals surface area contributed by atoms with E-state index in [0.717, 1.165) is 3.79 Å². The summed E-state index contributed by atoms with van der Waals surface area (Å²) in [5.41, 5.74) is 4.82. The van der Waals surface area contributed by atoms with Crippen LogP contribution in [0.3, 0.4) is 0 Å². The van der Waals surface area contributed by atoms with Crippen LogP contribution in [0.25, 0.3) is 6.08 Å². The third kappa shape index (κ3) is 3.26. The standard InChI is InChI=1S/C9H8BrNO3S/c10-8-2-1-5(15-8)3-6(9(13)14)7(12)4-11/h1-3H,4,11H2,(H,13,14). The van der Waals surface area contributed by atoms with Gasteiger partial charge in [0, 0.05) is 4.88 Å². The summed E-state index contributed by atoms with van der Waals surface area (Å²) in [7, 11) is 0. The summed E-state index contributed by atoms with van der Waals surface area (Å²) in [4.78, 5) is 22.6. The molecule has 0 saturated heterocycles. The van der Waals surface area contributed by atoms with E-state index in [1.54, 1.807) is 12.1 Å². The Bertz CT molecular complexity index is 425. The third-order valence-corrected chi connectivity index (χ3v) is 3.17. The van der Waals surface area contributed by atoms with Gasteiger partial charge < -0.3 is 10.8 Å². The average Bonchev–Trinajstić information content (AvgIpc) is 2.59. The molecule has 1 rings (SSSR count). The Balaban J connectivity index is 3.04. The molecule has 0 saturated carbocycles. The fraction of sp³-hybridized carbons (Fsp3) is 0.111. The molecule has 0 aliphatic heterocycles. The van der Waals surface area contributed by atoms with Crippen molar-refractivity contribution in [3.05, 3.63) is 26.4 Å². The van der Waals surface area contributed by atoms with E-state index in [2.05, 4.69) is 15.9 Å². The second kappa shape index (κ2) is 5.20. The van der Waals surface area contributed by atoms with Crippen molar-refractivity contribution in [3.8, 4) is 0 Å². The largest absolute Gasteiger partial charge is 0.478 e. The van der Waals surface area contributed by atoms with Crippen LogP contribution in [0, 0.1) is 0 Å². The molecule has 1 heterocycles. The zero-order valence-corrected chi connectivity index (χ0v) is 9.97. The van der Waals surface area contributed by atoms with Gasteiger partial charge >= 0.3 is 5.97 Å². The fourth-order valence-corrected chi connectivity index (χ4v) is 2.29. The van der Waals surface area contributed by atoms with Crippen molar-refractivity contribution in [2.75, 3.05) is 6.54 Å². The van der Waals surface area contributed by atoms with E-state index in [9.17, 15) is 9.59 Å². The molecule has 15 heavy (non-hydrogen) atoms. The van der Waals surface area contributed by atoms with E-state index >= 15 is 0 Å². The summed E-state index contributed by atoms with van der Waals surface area (Å²) in [6, 6.07) is 3.50. The molecule has 0 aromatic carbocycles. The van der Waals surface area contributed by atoms with Crippen molar-refractivity contribution in [3.63, 3.8) is 0 Å². The van der Waals surface area contributed by atoms with E-state index < -0.39 is 11.8 Å². The first-order valence-electron chi connectivity index (χ1n) is 3.98. The molecular formula is C9H8BrNO3S. The highest BCUT2D eigenvalue weighted by molar-refractivity contribution is 9.11. The molecule has 4 nitrogen and oxygen atoms in total. The number of ketones is 1. The van der Waals surface area contributed by atoms with Crippen molar-refractivity contribution < 1.29 is 14.7 Å². The van der Waals surface area contributed by atoms with E-state index in [0.29, 0.717) is 4.88 Å². The van der Waals surface area contributed by atoms with E-state index in [1.165, 1.54) is 17.4 Å². The number of thiophene rings is 1. The number of carboxylic acids is 1. The van der Waals surface area contributed by atoms with Gasteiger partial charge in [0.2, 0.25) is 0 Å². The number of aliphatic carboxylic acids is 1. The lowest BCUT2D eigenvalue weighted by Gasteiger charge is -1.97. The second-order valence-corrected chi connectivity index (χ2v) is 5.13. The molecule has 0 amide bonds. The van der Waals surface area contributed by atoms with Gasteiger partial charge in [0.05, 0.1) is 10.3 Å². The first-order chi connectivity index (χ1) is 7.04. The summed E-state index contributed by atoms with van der Waals surface area (Å²) < 4.78 is 0.874. The zero-order chi connectivity index (χ0) is 11.4. The van der Waals surface area contributed by atoms with Crippen molar-refractivity contribution >= 4 is 45.1 Å². The van der Waals surface area contributed by atoms with E-state index in [-0.39, 0.29) is 12.1 Å². The maximum Gasteiger partial charge on any atom is 0.339 e. The normalized spacial score (nSPS) is 11.5.